The monoisotopic (exact) mass is 1340 g/mol. The number of carbonyl (C=O) groups is 13. The number of para-hydroxylation sites is 1. The van der Waals surface area contributed by atoms with E-state index in [0.29, 0.717) is 33.4 Å². The molecule has 10 amide bonds. The first-order chi connectivity index (χ1) is 45.3. The average Bonchev–Trinajstić information content (AvgIpc) is 1.76. The number of H-pyrrole nitrogens is 4. The number of hydrogen-bond acceptors (Lipinski definition) is 19. The lowest BCUT2D eigenvalue weighted by Crippen LogP contribution is -2.61. The highest BCUT2D eigenvalue weighted by Gasteiger charge is 2.42. The first kappa shape index (κ1) is 71.3. The number of nitrogens with zero attached hydrogens (tertiary/aromatic N) is 4. The number of fused-ring (bicyclic) bond motifs is 1. The minimum Gasteiger partial charge on any atom is -0.508 e. The Bertz CT molecular complexity index is 3700. The van der Waals surface area contributed by atoms with E-state index >= 15 is 0 Å². The van der Waals surface area contributed by atoms with Crippen LogP contribution in [-0.4, -0.2) is 210 Å². The number of hydrogen-bond donors (Lipinski definition) is 19. The molecule has 35 nitrogen and oxygen atoms in total. The zero-order valence-corrected chi connectivity index (χ0v) is 51.5. The number of aromatic amines is 4. The second-order valence-electron chi connectivity index (χ2n) is 22.3. The summed E-state index contributed by atoms with van der Waals surface area (Å²) in [4.78, 5) is 201. The van der Waals surface area contributed by atoms with Crippen LogP contribution in [0.4, 0.5) is 0 Å². The van der Waals surface area contributed by atoms with Crippen molar-refractivity contribution in [2.24, 2.45) is 11.5 Å². The molecule has 5 heterocycles. The Morgan fingerprint density at radius 2 is 1.02 bits per heavy atom. The van der Waals surface area contributed by atoms with Gasteiger partial charge in [0.25, 0.3) is 0 Å². The van der Waals surface area contributed by atoms with Crippen LogP contribution < -0.4 is 54.0 Å². The number of nitrogens with two attached hydrogens (primary N) is 2. The van der Waals surface area contributed by atoms with Crippen molar-refractivity contribution in [3.8, 4) is 5.75 Å². The van der Waals surface area contributed by atoms with E-state index in [1.165, 1.54) is 49.7 Å². The van der Waals surface area contributed by atoms with Gasteiger partial charge < -0.3 is 99.3 Å². The molecule has 1 aliphatic heterocycles. The summed E-state index contributed by atoms with van der Waals surface area (Å²) in [7, 11) is 0. The quantitative estimate of drug-likeness (QED) is 0.0167. The molecule has 0 aliphatic carbocycles. The summed E-state index contributed by atoms with van der Waals surface area (Å²) in [5, 5.41) is 59.4. The molecule has 4 aromatic heterocycles. The van der Waals surface area contributed by atoms with E-state index in [9.17, 15) is 82.8 Å². The van der Waals surface area contributed by atoms with Crippen molar-refractivity contribution in [3.05, 3.63) is 121 Å². The van der Waals surface area contributed by atoms with Gasteiger partial charge in [0.1, 0.15) is 60.1 Å². The highest BCUT2D eigenvalue weighted by Crippen LogP contribution is 2.22. The number of amides is 10. The number of imidazole rings is 3. The SMILES string of the molecule is NC(=O)CC[C@H](NC(=O)[C@H](CC(=O)O)NC(=O)[C@@H]1CCCN1C(=O)[C@H](Cc1cnc[nH]1)NC(=O)[C@H](Cc1cnc[nH]1)NC(=O)[C@@H](N)Cc1ccc(O)cc1)C(=O)N[C@@H](CC(=O)O)C(=O)N[C@@H](Cc1cnc[nH]1)C(=O)N[C@@H](Cc1c[nH]c2ccccc12)C(=O)N[C@@H](CS)C(=O)O. The second-order valence-corrected chi connectivity index (χ2v) is 22.6. The molecular formula is C59H72N18O17S. The van der Waals surface area contributed by atoms with Gasteiger partial charge in [-0.15, -0.1) is 0 Å². The smallest absolute Gasteiger partial charge is 0.327 e. The van der Waals surface area contributed by atoms with Crippen LogP contribution >= 0.6 is 12.6 Å². The molecule has 10 atom stereocenters. The number of rotatable bonds is 36. The molecule has 0 unspecified atom stereocenters. The maximum atomic E-state index is 14.7. The maximum absolute atomic E-state index is 14.7. The lowest BCUT2D eigenvalue weighted by Gasteiger charge is -2.31. The van der Waals surface area contributed by atoms with E-state index in [2.05, 4.69) is 90.1 Å². The van der Waals surface area contributed by atoms with Crippen LogP contribution in [0.3, 0.4) is 0 Å². The Hall–Kier alpha value is -11.2. The van der Waals surface area contributed by atoms with E-state index in [-0.39, 0.29) is 62.3 Å². The fourth-order valence-electron chi connectivity index (χ4n) is 10.4. The number of aromatic hydroxyl groups is 1. The van der Waals surface area contributed by atoms with Gasteiger partial charge in [-0.2, -0.15) is 12.6 Å². The van der Waals surface area contributed by atoms with Gasteiger partial charge in [-0.3, -0.25) is 57.5 Å². The number of aliphatic carboxylic acids is 3. The normalized spacial score (nSPS) is 15.6. The number of thiol groups is 1. The second kappa shape index (κ2) is 33.9. The summed E-state index contributed by atoms with van der Waals surface area (Å²) in [5.41, 5.74) is 14.4. The topological polar surface area (TPSA) is 556 Å². The van der Waals surface area contributed by atoms with Crippen molar-refractivity contribution in [1.29, 1.82) is 0 Å². The molecule has 0 saturated carbocycles. The average molecular weight is 1340 g/mol. The van der Waals surface area contributed by atoms with Gasteiger partial charge in [-0.05, 0) is 55.0 Å². The number of carbonyl (C=O) groups excluding carboxylic acids is 10. The summed E-state index contributed by atoms with van der Waals surface area (Å²) in [6.07, 6.45) is 5.04. The van der Waals surface area contributed by atoms with Gasteiger partial charge in [-0.25, -0.2) is 19.7 Å². The molecule has 7 rings (SSSR count). The molecule has 0 bridgehead atoms. The van der Waals surface area contributed by atoms with Crippen molar-refractivity contribution in [1.82, 2.24) is 82.3 Å². The number of likely N-dealkylation sites (tertiary alicyclic amines) is 1. The number of aromatic nitrogens is 7. The highest BCUT2D eigenvalue weighted by molar-refractivity contribution is 7.80. The summed E-state index contributed by atoms with van der Waals surface area (Å²) in [6.45, 7) is -0.0906. The Labute approximate surface area is 544 Å². The predicted molar refractivity (Wildman–Crippen MR) is 333 cm³/mol. The third-order valence-electron chi connectivity index (χ3n) is 15.2. The zero-order chi connectivity index (χ0) is 68.9. The van der Waals surface area contributed by atoms with Crippen molar-refractivity contribution in [2.45, 2.75) is 131 Å². The van der Waals surface area contributed by atoms with Crippen LogP contribution in [-0.2, 0) is 94.4 Å². The fraction of sp³-hybridized carbons (Fsp3) is 0.390. The Morgan fingerprint density at radius 3 is 1.54 bits per heavy atom. The lowest BCUT2D eigenvalue weighted by atomic mass is 10.0. The van der Waals surface area contributed by atoms with E-state index in [0.717, 1.165) is 4.90 Å². The first-order valence-corrected chi connectivity index (χ1v) is 30.3. The minimum atomic E-state index is -2.09. The predicted octanol–water partition coefficient (Wildman–Crippen LogP) is -4.02. The van der Waals surface area contributed by atoms with Gasteiger partial charge in [0, 0.05) is 97.2 Å². The molecule has 506 valence electrons. The van der Waals surface area contributed by atoms with Crippen LogP contribution in [0.2, 0.25) is 0 Å². The van der Waals surface area contributed by atoms with Crippen molar-refractivity contribution in [3.63, 3.8) is 0 Å². The van der Waals surface area contributed by atoms with E-state index in [4.69, 9.17) is 11.5 Å². The molecule has 1 saturated heterocycles. The van der Waals surface area contributed by atoms with Crippen LogP contribution in [0.5, 0.6) is 5.75 Å². The largest absolute Gasteiger partial charge is 0.508 e. The number of phenolic OH excluding ortho intramolecular Hbond substituents is 1. The van der Waals surface area contributed by atoms with Crippen LogP contribution in [0, 0.1) is 0 Å². The maximum Gasteiger partial charge on any atom is 0.327 e. The number of nitrogens with one attached hydrogen (secondary N) is 12. The van der Waals surface area contributed by atoms with Crippen LogP contribution in [0.1, 0.15) is 66.7 Å². The summed E-state index contributed by atoms with van der Waals surface area (Å²) >= 11 is 4.02. The molecule has 6 aromatic rings. The van der Waals surface area contributed by atoms with Gasteiger partial charge in [0.15, 0.2) is 0 Å². The molecule has 36 heteroatoms. The molecule has 1 fully saturated rings. The van der Waals surface area contributed by atoms with Crippen molar-refractivity contribution < 1.29 is 82.8 Å². The third-order valence-corrected chi connectivity index (χ3v) is 15.6. The van der Waals surface area contributed by atoms with Gasteiger partial charge in [0.2, 0.25) is 59.1 Å². The van der Waals surface area contributed by atoms with Gasteiger partial charge in [0.05, 0.1) is 37.9 Å². The summed E-state index contributed by atoms with van der Waals surface area (Å²) in [5.74, 6) is -15.7. The molecule has 0 radical (unpaired) electrons. The van der Waals surface area contributed by atoms with E-state index in [1.807, 2.05) is 0 Å². The number of carboxylic acid groups (broad SMARTS) is 3. The molecular weight excluding hydrogens is 1260 g/mol. The number of primary amides is 1. The van der Waals surface area contributed by atoms with Gasteiger partial charge >= 0.3 is 17.9 Å². The number of benzene rings is 2. The first-order valence-electron chi connectivity index (χ1n) is 29.6. The lowest BCUT2D eigenvalue weighted by molar-refractivity contribution is -0.144. The van der Waals surface area contributed by atoms with Gasteiger partial charge in [-0.1, -0.05) is 30.3 Å². The highest BCUT2D eigenvalue weighted by atomic mass is 32.1. The third kappa shape index (κ3) is 20.9. The Balaban J connectivity index is 1.07. The van der Waals surface area contributed by atoms with E-state index < -0.39 is 170 Å². The number of phenols is 1. The van der Waals surface area contributed by atoms with Crippen molar-refractivity contribution in [2.75, 3.05) is 12.3 Å². The van der Waals surface area contributed by atoms with Crippen molar-refractivity contribution >= 4 is 101 Å². The standard InChI is InChI=1S/C59H72N18O17S/c60-36(14-29-7-9-34(78)10-8-29)50(84)70-40(16-31-22-62-26-66-31)54(88)75-44(18-33-24-64-28-68-33)58(92)77-13-3-6-46(77)57(91)74-43(20-49(82)83)55(89)69-38(11-12-47(61)79)51(85)73-42(19-48(80)81)56(90)72-41(17-32-23-63-27-67-32)53(87)71-39(52(86)76-45(25-95)59(93)94)15-30-21-65-37-5-2-1-4-35(30)37/h1-2,4-5,7-10,21-24,26-28,36,38-46,65,78,95H,3,6,11-20,25,60H2,(H2,61,79)(H,62,66)(H,63,67)(H,64,68)(H,69,89)(H,70,84)(H,71,87)(H,72,90)(H,73,85)(H,74,91)(H,75,88)(H,76,86)(H,80,81)(H,82,83)(H,93,94)/t36-,38-,39-,40-,41-,42-,43-,44-,45-,46-/m0/s1. The van der Waals surface area contributed by atoms with Crippen LogP contribution in [0.25, 0.3) is 10.9 Å². The van der Waals surface area contributed by atoms with E-state index in [1.54, 1.807) is 42.6 Å². The molecule has 95 heavy (non-hydrogen) atoms. The summed E-state index contributed by atoms with van der Waals surface area (Å²) < 4.78 is 0. The molecule has 1 aliphatic rings. The molecule has 20 N–H and O–H groups in total. The fourth-order valence-corrected chi connectivity index (χ4v) is 10.6. The Morgan fingerprint density at radius 1 is 0.558 bits per heavy atom. The zero-order valence-electron chi connectivity index (χ0n) is 50.6. The minimum absolute atomic E-state index is 0.00961. The Kier molecular flexibility index (Phi) is 25.5. The molecule has 0 spiro atoms. The summed E-state index contributed by atoms with van der Waals surface area (Å²) in [6, 6.07) is -3.31. The molecule has 2 aromatic carbocycles. The van der Waals surface area contributed by atoms with Crippen LogP contribution in [0.15, 0.2) is 92.3 Å². The number of carboxylic acids is 3.